The van der Waals surface area contributed by atoms with Crippen molar-refractivity contribution in [1.82, 2.24) is 10.2 Å². The Morgan fingerprint density at radius 1 is 1.56 bits per heavy atom. The quantitative estimate of drug-likeness (QED) is 0.683. The summed E-state index contributed by atoms with van der Waals surface area (Å²) in [6.07, 6.45) is 2.01. The molecule has 1 saturated heterocycles. The van der Waals surface area contributed by atoms with Gasteiger partial charge in [0, 0.05) is 6.54 Å². The molecule has 0 aromatic heterocycles. The van der Waals surface area contributed by atoms with Gasteiger partial charge in [-0.25, -0.2) is 0 Å². The molecule has 0 aliphatic carbocycles. The number of nitrogens with zero attached hydrogens (tertiary/aromatic N) is 2. The summed E-state index contributed by atoms with van der Waals surface area (Å²) in [6, 6.07) is 1.84. The van der Waals surface area contributed by atoms with Gasteiger partial charge in [0.25, 0.3) is 0 Å². The van der Waals surface area contributed by atoms with Crippen LogP contribution in [0.4, 0.5) is 0 Å². The van der Waals surface area contributed by atoms with E-state index in [1.807, 2.05) is 17.9 Å². The Labute approximate surface area is 107 Å². The van der Waals surface area contributed by atoms with Crippen molar-refractivity contribution >= 4 is 11.9 Å². The van der Waals surface area contributed by atoms with Gasteiger partial charge in [0.05, 0.1) is 18.0 Å². The molecule has 1 amide bonds. The van der Waals surface area contributed by atoms with Gasteiger partial charge in [-0.2, -0.15) is 5.26 Å². The molecule has 1 aliphatic heterocycles. The lowest BCUT2D eigenvalue weighted by molar-refractivity contribution is -0.153. The smallest absolute Gasteiger partial charge is 0.310 e. The fourth-order valence-electron chi connectivity index (χ4n) is 2.37. The first kappa shape index (κ1) is 14.5. The zero-order valence-electron chi connectivity index (χ0n) is 10.6. The van der Waals surface area contributed by atoms with E-state index < -0.39 is 11.4 Å². The Bertz CT molecular complexity index is 364. The van der Waals surface area contributed by atoms with E-state index in [9.17, 15) is 14.7 Å². The Morgan fingerprint density at radius 2 is 2.28 bits per heavy atom. The number of hydrogen-bond donors (Lipinski definition) is 2. The summed E-state index contributed by atoms with van der Waals surface area (Å²) in [5, 5.41) is 20.1. The maximum Gasteiger partial charge on any atom is 0.310 e. The minimum absolute atomic E-state index is 0.00940. The molecule has 1 fully saturated rings. The first-order valence-electron chi connectivity index (χ1n) is 6.13. The van der Waals surface area contributed by atoms with Gasteiger partial charge in [-0.1, -0.05) is 6.92 Å². The molecule has 0 aromatic rings. The van der Waals surface area contributed by atoms with Crippen LogP contribution < -0.4 is 5.32 Å². The second kappa shape index (κ2) is 6.36. The lowest BCUT2D eigenvalue weighted by atomic mass is 9.77. The summed E-state index contributed by atoms with van der Waals surface area (Å²) in [5.41, 5.74) is -0.728. The molecule has 100 valence electrons. The van der Waals surface area contributed by atoms with E-state index in [2.05, 4.69) is 5.32 Å². The van der Waals surface area contributed by atoms with Crippen LogP contribution in [0, 0.1) is 16.7 Å². The van der Waals surface area contributed by atoms with Crippen molar-refractivity contribution in [3.8, 4) is 6.07 Å². The monoisotopic (exact) mass is 253 g/mol. The highest BCUT2D eigenvalue weighted by atomic mass is 16.4. The predicted octanol–water partition coefficient (Wildman–Crippen LogP) is 0.203. The van der Waals surface area contributed by atoms with E-state index in [-0.39, 0.29) is 19.0 Å². The molecule has 0 saturated carbocycles. The number of carboxylic acids is 1. The van der Waals surface area contributed by atoms with Crippen molar-refractivity contribution in [3.63, 3.8) is 0 Å². The third kappa shape index (κ3) is 3.44. The average molecular weight is 253 g/mol. The number of aliphatic carboxylic acids is 1. The number of carbonyl (C=O) groups excluding carboxylic acids is 1. The number of nitrogens with one attached hydrogen (secondary N) is 1. The molecule has 6 nitrogen and oxygen atoms in total. The van der Waals surface area contributed by atoms with E-state index in [0.717, 1.165) is 13.0 Å². The SMILES string of the molecule is CCC1(C(=O)O)CCCN(CC(=O)NCC#N)C1. The third-order valence-electron chi connectivity index (χ3n) is 3.52. The Hall–Kier alpha value is -1.61. The molecule has 1 rings (SSSR count). The highest BCUT2D eigenvalue weighted by Crippen LogP contribution is 2.33. The first-order chi connectivity index (χ1) is 8.54. The Balaban J connectivity index is 2.56. The van der Waals surface area contributed by atoms with Gasteiger partial charge in [-0.05, 0) is 25.8 Å². The normalized spacial score (nSPS) is 24.2. The lowest BCUT2D eigenvalue weighted by Gasteiger charge is -2.39. The molecule has 0 radical (unpaired) electrons. The molecule has 0 spiro atoms. The van der Waals surface area contributed by atoms with Crippen molar-refractivity contribution < 1.29 is 14.7 Å². The van der Waals surface area contributed by atoms with E-state index in [1.54, 1.807) is 0 Å². The van der Waals surface area contributed by atoms with Crippen LogP contribution in [0.15, 0.2) is 0 Å². The summed E-state index contributed by atoms with van der Waals surface area (Å²) in [7, 11) is 0. The van der Waals surface area contributed by atoms with Crippen molar-refractivity contribution in [2.45, 2.75) is 26.2 Å². The molecule has 0 aromatic carbocycles. The van der Waals surface area contributed by atoms with Crippen LogP contribution in [0.1, 0.15) is 26.2 Å². The molecule has 1 unspecified atom stereocenters. The van der Waals surface area contributed by atoms with Crippen LogP contribution in [0.5, 0.6) is 0 Å². The summed E-state index contributed by atoms with van der Waals surface area (Å²) in [5.74, 6) is -1.01. The topological polar surface area (TPSA) is 93.4 Å². The number of hydrogen-bond acceptors (Lipinski definition) is 4. The second-order valence-electron chi connectivity index (χ2n) is 4.69. The van der Waals surface area contributed by atoms with E-state index >= 15 is 0 Å². The van der Waals surface area contributed by atoms with Crippen LogP contribution in [0.25, 0.3) is 0 Å². The summed E-state index contributed by atoms with van der Waals surface area (Å²) in [4.78, 5) is 24.7. The zero-order valence-corrected chi connectivity index (χ0v) is 10.6. The molecule has 1 heterocycles. The number of carboxylic acid groups (broad SMARTS) is 1. The van der Waals surface area contributed by atoms with Gasteiger partial charge < -0.3 is 10.4 Å². The van der Waals surface area contributed by atoms with Crippen molar-refractivity contribution in [3.05, 3.63) is 0 Å². The maximum absolute atomic E-state index is 11.5. The number of carbonyl (C=O) groups is 2. The molecule has 1 atom stereocenters. The van der Waals surface area contributed by atoms with Gasteiger partial charge in [0.1, 0.15) is 6.54 Å². The van der Waals surface area contributed by atoms with Gasteiger partial charge in [-0.3, -0.25) is 14.5 Å². The summed E-state index contributed by atoms with van der Waals surface area (Å²) in [6.45, 7) is 3.16. The van der Waals surface area contributed by atoms with Crippen molar-refractivity contribution in [1.29, 1.82) is 5.26 Å². The van der Waals surface area contributed by atoms with E-state index in [4.69, 9.17) is 5.26 Å². The van der Waals surface area contributed by atoms with Crippen LogP contribution in [-0.4, -0.2) is 48.1 Å². The molecule has 6 heteroatoms. The molecule has 18 heavy (non-hydrogen) atoms. The molecular weight excluding hydrogens is 234 g/mol. The van der Waals surface area contributed by atoms with Crippen LogP contribution in [0.3, 0.4) is 0 Å². The van der Waals surface area contributed by atoms with Gasteiger partial charge in [0.15, 0.2) is 0 Å². The number of likely N-dealkylation sites (tertiary alicyclic amines) is 1. The fraction of sp³-hybridized carbons (Fsp3) is 0.750. The number of piperidine rings is 1. The predicted molar refractivity (Wildman–Crippen MR) is 64.7 cm³/mol. The average Bonchev–Trinajstić information content (AvgIpc) is 2.36. The maximum atomic E-state index is 11.5. The van der Waals surface area contributed by atoms with Crippen LogP contribution in [-0.2, 0) is 9.59 Å². The summed E-state index contributed by atoms with van der Waals surface area (Å²) < 4.78 is 0. The zero-order chi connectivity index (χ0) is 13.6. The largest absolute Gasteiger partial charge is 0.481 e. The molecule has 1 aliphatic rings. The van der Waals surface area contributed by atoms with Crippen molar-refractivity contribution in [2.24, 2.45) is 5.41 Å². The molecule has 2 N–H and O–H groups in total. The molecule has 0 bridgehead atoms. The fourth-order valence-corrected chi connectivity index (χ4v) is 2.37. The number of amides is 1. The number of rotatable bonds is 5. The number of nitriles is 1. The second-order valence-corrected chi connectivity index (χ2v) is 4.69. The Kier molecular flexibility index (Phi) is 5.10. The highest BCUT2D eigenvalue weighted by molar-refractivity contribution is 5.79. The highest BCUT2D eigenvalue weighted by Gasteiger charge is 2.40. The minimum atomic E-state index is -0.785. The van der Waals surface area contributed by atoms with Crippen LogP contribution in [0.2, 0.25) is 0 Å². The van der Waals surface area contributed by atoms with Crippen LogP contribution >= 0.6 is 0 Å². The standard InChI is InChI=1S/C12H19N3O3/c1-2-12(11(17)18)4-3-7-15(9-12)8-10(16)14-6-5-13/h2-4,6-9H2,1H3,(H,14,16)(H,17,18). The minimum Gasteiger partial charge on any atom is -0.481 e. The van der Waals surface area contributed by atoms with Gasteiger partial charge >= 0.3 is 5.97 Å². The third-order valence-corrected chi connectivity index (χ3v) is 3.52. The molecular formula is C12H19N3O3. The van der Waals surface area contributed by atoms with Crippen molar-refractivity contribution in [2.75, 3.05) is 26.2 Å². The lowest BCUT2D eigenvalue weighted by Crippen LogP contribution is -2.50. The Morgan fingerprint density at radius 3 is 2.83 bits per heavy atom. The van der Waals surface area contributed by atoms with Gasteiger partial charge in [-0.15, -0.1) is 0 Å². The first-order valence-corrected chi connectivity index (χ1v) is 6.13. The van der Waals surface area contributed by atoms with E-state index in [1.165, 1.54) is 0 Å². The van der Waals surface area contributed by atoms with Gasteiger partial charge in [0.2, 0.25) is 5.91 Å². The summed E-state index contributed by atoms with van der Waals surface area (Å²) >= 11 is 0. The van der Waals surface area contributed by atoms with E-state index in [0.29, 0.717) is 19.4 Å².